The highest BCUT2D eigenvalue weighted by atomic mass is 16.5. The van der Waals surface area contributed by atoms with Gasteiger partial charge in [-0.1, -0.05) is 18.1 Å². The number of methoxy groups -OCH3 is 1. The Morgan fingerprint density at radius 3 is 2.65 bits per heavy atom. The molecule has 0 aromatic heterocycles. The number of carbonyl (C=O) groups is 1. The quantitative estimate of drug-likeness (QED) is 0.332. The first-order chi connectivity index (χ1) is 9.76. The first-order valence-electron chi connectivity index (χ1n) is 6.62. The molecule has 1 rings (SSSR count). The highest BCUT2D eigenvalue weighted by molar-refractivity contribution is 5.88. The van der Waals surface area contributed by atoms with E-state index in [0.717, 1.165) is 17.7 Å². The van der Waals surface area contributed by atoms with Crippen LogP contribution in [0.4, 0.5) is 0 Å². The van der Waals surface area contributed by atoms with Crippen molar-refractivity contribution in [2.45, 2.75) is 26.4 Å². The maximum Gasteiger partial charge on any atom is 0.384 e. The van der Waals surface area contributed by atoms with Crippen molar-refractivity contribution in [2.24, 2.45) is 0 Å². The van der Waals surface area contributed by atoms with Crippen LogP contribution in [0.3, 0.4) is 0 Å². The minimum atomic E-state index is -0.466. The number of esters is 1. The summed E-state index contributed by atoms with van der Waals surface area (Å²) in [5, 5.41) is 0. The molecule has 0 N–H and O–H groups in total. The molecule has 0 aliphatic heterocycles. The minimum Gasteiger partial charge on any atom is -0.497 e. The molecule has 1 aromatic rings. The zero-order valence-corrected chi connectivity index (χ0v) is 12.0. The van der Waals surface area contributed by atoms with Gasteiger partial charge in [-0.25, -0.2) is 4.79 Å². The van der Waals surface area contributed by atoms with Gasteiger partial charge in [0.05, 0.1) is 20.3 Å². The molecule has 0 unspecified atom stereocenters. The summed E-state index contributed by atoms with van der Waals surface area (Å²) in [5.74, 6) is 5.56. The molecule has 0 atom stereocenters. The molecule has 108 valence electrons. The lowest BCUT2D eigenvalue weighted by Crippen LogP contribution is -1.99. The zero-order valence-electron chi connectivity index (χ0n) is 12.0. The fourth-order valence-electron chi connectivity index (χ4n) is 1.48. The molecule has 0 spiro atoms. The maximum absolute atomic E-state index is 10.9. The molecular weight excluding hydrogens is 256 g/mol. The molecule has 4 heteroatoms. The summed E-state index contributed by atoms with van der Waals surface area (Å²) in [5.41, 5.74) is 1.10. The summed E-state index contributed by atoms with van der Waals surface area (Å²) in [6.07, 6.45) is 1.42. The van der Waals surface area contributed by atoms with Crippen molar-refractivity contribution in [1.29, 1.82) is 0 Å². The summed E-state index contributed by atoms with van der Waals surface area (Å²) >= 11 is 0. The van der Waals surface area contributed by atoms with Gasteiger partial charge in [0, 0.05) is 18.9 Å². The Labute approximate surface area is 120 Å². The van der Waals surface area contributed by atoms with E-state index in [1.54, 1.807) is 14.0 Å². The Bertz CT molecular complexity index is 454. The average molecular weight is 276 g/mol. The first-order valence-corrected chi connectivity index (χ1v) is 6.62. The monoisotopic (exact) mass is 276 g/mol. The first kappa shape index (κ1) is 16.1. The smallest absolute Gasteiger partial charge is 0.384 e. The molecule has 0 aliphatic rings. The van der Waals surface area contributed by atoms with E-state index in [0.29, 0.717) is 26.2 Å². The summed E-state index contributed by atoms with van der Waals surface area (Å²) in [4.78, 5) is 10.9. The summed E-state index contributed by atoms with van der Waals surface area (Å²) in [7, 11) is 1.64. The van der Waals surface area contributed by atoms with Gasteiger partial charge in [0.25, 0.3) is 0 Å². The largest absolute Gasteiger partial charge is 0.497 e. The SMILES string of the molecule is CCOC(=O)C#CCCCOCc1ccc(OC)cc1. The molecular formula is C16H20O4. The van der Waals surface area contributed by atoms with Gasteiger partial charge >= 0.3 is 5.97 Å². The topological polar surface area (TPSA) is 44.8 Å². The Morgan fingerprint density at radius 2 is 2.00 bits per heavy atom. The van der Waals surface area contributed by atoms with Crippen molar-refractivity contribution >= 4 is 5.97 Å². The molecule has 20 heavy (non-hydrogen) atoms. The van der Waals surface area contributed by atoms with Gasteiger partial charge in [-0.15, -0.1) is 0 Å². The van der Waals surface area contributed by atoms with Gasteiger partial charge < -0.3 is 14.2 Å². The zero-order chi connectivity index (χ0) is 14.6. The molecule has 0 fully saturated rings. The molecule has 0 radical (unpaired) electrons. The van der Waals surface area contributed by atoms with E-state index in [9.17, 15) is 4.79 Å². The van der Waals surface area contributed by atoms with Crippen LogP contribution in [0.5, 0.6) is 5.75 Å². The molecule has 0 saturated heterocycles. The Hall–Kier alpha value is -1.99. The van der Waals surface area contributed by atoms with Crippen LogP contribution < -0.4 is 4.74 Å². The number of hydrogen-bond acceptors (Lipinski definition) is 4. The standard InChI is InChI=1S/C16H20O4/c1-3-20-16(17)7-5-4-6-12-19-13-14-8-10-15(18-2)11-9-14/h8-11H,3-4,6,12-13H2,1-2H3. The van der Waals surface area contributed by atoms with Crippen LogP contribution in [0.2, 0.25) is 0 Å². The minimum absolute atomic E-state index is 0.360. The molecule has 0 amide bonds. The van der Waals surface area contributed by atoms with E-state index in [4.69, 9.17) is 14.2 Å². The van der Waals surface area contributed by atoms with Crippen molar-refractivity contribution in [2.75, 3.05) is 20.3 Å². The third-order valence-corrected chi connectivity index (χ3v) is 2.48. The van der Waals surface area contributed by atoms with Crippen molar-refractivity contribution in [3.05, 3.63) is 29.8 Å². The lowest BCUT2D eigenvalue weighted by atomic mass is 10.2. The predicted octanol–water partition coefficient (Wildman–Crippen LogP) is 2.56. The van der Waals surface area contributed by atoms with Crippen molar-refractivity contribution in [1.82, 2.24) is 0 Å². The number of benzene rings is 1. The summed E-state index contributed by atoms with van der Waals surface area (Å²) in [6.45, 7) is 3.30. The molecule has 0 bridgehead atoms. The maximum atomic E-state index is 10.9. The van der Waals surface area contributed by atoms with Crippen LogP contribution in [0.1, 0.15) is 25.3 Å². The van der Waals surface area contributed by atoms with E-state index >= 15 is 0 Å². The van der Waals surface area contributed by atoms with Crippen LogP contribution in [-0.4, -0.2) is 26.3 Å². The van der Waals surface area contributed by atoms with Crippen molar-refractivity contribution < 1.29 is 19.0 Å². The summed E-state index contributed by atoms with van der Waals surface area (Å²) in [6, 6.07) is 7.76. The van der Waals surface area contributed by atoms with Gasteiger partial charge in [0.2, 0.25) is 0 Å². The van der Waals surface area contributed by atoms with Crippen molar-refractivity contribution in [3.63, 3.8) is 0 Å². The van der Waals surface area contributed by atoms with Crippen molar-refractivity contribution in [3.8, 4) is 17.6 Å². The average Bonchev–Trinajstić information content (AvgIpc) is 2.47. The molecule has 4 nitrogen and oxygen atoms in total. The van der Waals surface area contributed by atoms with Crippen LogP contribution in [0.15, 0.2) is 24.3 Å². The van der Waals surface area contributed by atoms with Gasteiger partial charge in [-0.3, -0.25) is 0 Å². The second kappa shape index (κ2) is 9.88. The number of carbonyl (C=O) groups excluding carboxylic acids is 1. The number of hydrogen-bond donors (Lipinski definition) is 0. The molecule has 0 heterocycles. The fraction of sp³-hybridized carbons (Fsp3) is 0.438. The van der Waals surface area contributed by atoms with Gasteiger partial charge in [0.1, 0.15) is 5.75 Å². The lowest BCUT2D eigenvalue weighted by Gasteiger charge is -2.04. The van der Waals surface area contributed by atoms with E-state index < -0.39 is 5.97 Å². The second-order valence-electron chi connectivity index (χ2n) is 4.03. The Morgan fingerprint density at radius 1 is 1.25 bits per heavy atom. The lowest BCUT2D eigenvalue weighted by molar-refractivity contribution is -0.136. The van der Waals surface area contributed by atoms with Gasteiger partial charge in [-0.2, -0.15) is 0 Å². The van der Waals surface area contributed by atoms with Gasteiger partial charge in [0.15, 0.2) is 0 Å². The van der Waals surface area contributed by atoms with E-state index in [1.807, 2.05) is 24.3 Å². The molecule has 1 aromatic carbocycles. The number of ether oxygens (including phenoxy) is 3. The normalized spacial score (nSPS) is 9.50. The third kappa shape index (κ3) is 6.81. The van der Waals surface area contributed by atoms with Crippen LogP contribution in [0.25, 0.3) is 0 Å². The second-order valence-corrected chi connectivity index (χ2v) is 4.03. The van der Waals surface area contributed by atoms with E-state index in [-0.39, 0.29) is 0 Å². The summed E-state index contributed by atoms with van der Waals surface area (Å²) < 4.78 is 15.3. The Balaban J connectivity index is 2.11. The van der Waals surface area contributed by atoms with Crippen LogP contribution in [0, 0.1) is 11.8 Å². The van der Waals surface area contributed by atoms with E-state index in [1.165, 1.54) is 0 Å². The van der Waals surface area contributed by atoms with Gasteiger partial charge in [-0.05, 0) is 31.0 Å². The number of unbranched alkanes of at least 4 members (excludes halogenated alkanes) is 1. The third-order valence-electron chi connectivity index (χ3n) is 2.48. The fourth-order valence-corrected chi connectivity index (χ4v) is 1.48. The van der Waals surface area contributed by atoms with Crippen LogP contribution in [-0.2, 0) is 20.9 Å². The Kier molecular flexibility index (Phi) is 7.93. The predicted molar refractivity (Wildman–Crippen MR) is 76.3 cm³/mol. The van der Waals surface area contributed by atoms with Crippen LogP contribution >= 0.6 is 0 Å². The van der Waals surface area contributed by atoms with E-state index in [2.05, 4.69) is 11.8 Å². The highest BCUT2D eigenvalue weighted by Gasteiger charge is 1.95. The highest BCUT2D eigenvalue weighted by Crippen LogP contribution is 2.11. The number of rotatable bonds is 7. The molecule has 0 saturated carbocycles. The molecule has 0 aliphatic carbocycles.